The van der Waals surface area contributed by atoms with Crippen molar-refractivity contribution in [2.45, 2.75) is 32.1 Å². The molecule has 2 aromatic carbocycles. The van der Waals surface area contributed by atoms with Crippen molar-refractivity contribution in [3.8, 4) is 17.2 Å². The van der Waals surface area contributed by atoms with Gasteiger partial charge < -0.3 is 4.74 Å². The van der Waals surface area contributed by atoms with Gasteiger partial charge in [0.15, 0.2) is 0 Å². The maximum atomic E-state index is 13.4. The molecule has 0 fully saturated rings. The van der Waals surface area contributed by atoms with E-state index in [1.54, 1.807) is 17.0 Å². The normalized spacial score (nSPS) is 15.8. The van der Waals surface area contributed by atoms with Crippen LogP contribution in [0.2, 0.25) is 19.6 Å². The van der Waals surface area contributed by atoms with Crippen LogP contribution in [0.4, 0.5) is 10.5 Å². The van der Waals surface area contributed by atoms with Crippen molar-refractivity contribution < 1.29 is 9.53 Å². The Balaban J connectivity index is 2.14. The van der Waals surface area contributed by atoms with Crippen molar-refractivity contribution in [1.82, 2.24) is 0 Å². The molecule has 0 aromatic heterocycles. The van der Waals surface area contributed by atoms with Crippen molar-refractivity contribution in [2.75, 3.05) is 4.90 Å². The summed E-state index contributed by atoms with van der Waals surface area (Å²) in [7, 11) is -1.67. The molecule has 33 heavy (non-hydrogen) atoms. The summed E-state index contributed by atoms with van der Waals surface area (Å²) in [4.78, 5) is 15.1. The van der Waals surface area contributed by atoms with E-state index < -0.39 is 20.2 Å². The maximum absolute atomic E-state index is 13.4. The second-order valence-electron chi connectivity index (χ2n) is 8.74. The molecule has 0 unspecified atom stereocenters. The Hall–Kier alpha value is -2.33. The topological polar surface area (TPSA) is 29.5 Å². The van der Waals surface area contributed by atoms with Crippen LogP contribution in [0.3, 0.4) is 0 Å². The van der Waals surface area contributed by atoms with E-state index in [1.807, 2.05) is 48.5 Å². The number of rotatable bonds is 5. The molecule has 1 heterocycles. The summed E-state index contributed by atoms with van der Waals surface area (Å²) in [5, 5.41) is 0. The molecule has 1 aliphatic rings. The van der Waals surface area contributed by atoms with Crippen molar-refractivity contribution in [3.63, 3.8) is 0 Å². The zero-order valence-electron chi connectivity index (χ0n) is 19.0. The van der Waals surface area contributed by atoms with Crippen molar-refractivity contribution in [1.29, 1.82) is 0 Å². The number of ether oxygens (including phenoxy) is 1. The van der Waals surface area contributed by atoms with Gasteiger partial charge in [-0.2, -0.15) is 0 Å². The van der Waals surface area contributed by atoms with Gasteiger partial charge in [0, 0.05) is 11.5 Å². The molecule has 6 heteroatoms. The van der Waals surface area contributed by atoms with Crippen LogP contribution in [0.15, 0.2) is 82.8 Å². The molecule has 170 valence electrons. The minimum Gasteiger partial charge on any atom is -0.410 e. The number of anilines is 1. The molecule has 2 aromatic rings. The van der Waals surface area contributed by atoms with Crippen LogP contribution >= 0.6 is 31.9 Å². The predicted octanol–water partition coefficient (Wildman–Crippen LogP) is 8.16. The number of allylic oxidation sites excluding steroid dienone is 3. The summed E-state index contributed by atoms with van der Waals surface area (Å²) in [5.41, 5.74) is 6.33. The van der Waals surface area contributed by atoms with Crippen LogP contribution in [0, 0.1) is 17.4 Å². The lowest BCUT2D eigenvalue weighted by Crippen LogP contribution is -2.43. The van der Waals surface area contributed by atoms with Crippen molar-refractivity contribution in [2.24, 2.45) is 5.92 Å². The Morgan fingerprint density at radius 2 is 1.82 bits per heavy atom. The van der Waals surface area contributed by atoms with Crippen LogP contribution in [0.25, 0.3) is 5.57 Å². The van der Waals surface area contributed by atoms with Gasteiger partial charge in [0.05, 0.1) is 9.08 Å². The monoisotopic (exact) mass is 583 g/mol. The number of halogens is 2. The standard InChI is InChI=1S/C27H27Br2NO2Si/c1-5-11-20(18-26(28)29)24-19-21(16-17-33(2,3)4)30(25-15-10-9-14-23(24)25)27(31)32-22-12-7-6-8-13-22/h5-10,12-15,18-21H,1,11H2,2-4H3/t20-,21+/m1/s1. The summed E-state index contributed by atoms with van der Waals surface area (Å²) >= 11 is 7.01. The average molecular weight is 585 g/mol. The number of hydrogen-bond donors (Lipinski definition) is 0. The first-order chi connectivity index (χ1) is 15.7. The first kappa shape index (κ1) is 25.3. The van der Waals surface area contributed by atoms with Gasteiger partial charge in [-0.05, 0) is 68.1 Å². The Kier molecular flexibility index (Phi) is 8.58. The maximum Gasteiger partial charge on any atom is 0.421 e. The highest BCUT2D eigenvalue weighted by Gasteiger charge is 2.33. The second kappa shape index (κ2) is 11.2. The van der Waals surface area contributed by atoms with Gasteiger partial charge in [0.25, 0.3) is 0 Å². The van der Waals surface area contributed by atoms with E-state index in [-0.39, 0.29) is 5.92 Å². The Morgan fingerprint density at radius 3 is 2.45 bits per heavy atom. The molecule has 0 aliphatic carbocycles. The molecule has 0 saturated heterocycles. The van der Waals surface area contributed by atoms with E-state index in [0.717, 1.165) is 26.6 Å². The molecule has 3 nitrogen and oxygen atoms in total. The van der Waals surface area contributed by atoms with Gasteiger partial charge in [-0.3, -0.25) is 4.90 Å². The number of benzene rings is 2. The van der Waals surface area contributed by atoms with Crippen LogP contribution in [0.1, 0.15) is 12.0 Å². The molecule has 0 bridgehead atoms. The number of carbonyl (C=O) groups excluding carboxylic acids is 1. The van der Waals surface area contributed by atoms with E-state index in [0.29, 0.717) is 5.75 Å². The van der Waals surface area contributed by atoms with Gasteiger partial charge in [0.1, 0.15) is 19.9 Å². The van der Waals surface area contributed by atoms with E-state index in [1.165, 1.54) is 0 Å². The van der Waals surface area contributed by atoms with Gasteiger partial charge >= 0.3 is 6.09 Å². The molecular weight excluding hydrogens is 558 g/mol. The molecule has 0 saturated carbocycles. The van der Waals surface area contributed by atoms with E-state index in [9.17, 15) is 4.79 Å². The van der Waals surface area contributed by atoms with Crippen LogP contribution in [-0.4, -0.2) is 20.2 Å². The highest BCUT2D eigenvalue weighted by Crippen LogP contribution is 2.41. The summed E-state index contributed by atoms with van der Waals surface area (Å²) in [5.74, 6) is 3.96. The lowest BCUT2D eigenvalue weighted by molar-refractivity contribution is 0.207. The Morgan fingerprint density at radius 1 is 1.15 bits per heavy atom. The van der Waals surface area contributed by atoms with Crippen LogP contribution in [0.5, 0.6) is 5.75 Å². The van der Waals surface area contributed by atoms with Crippen LogP contribution in [-0.2, 0) is 0 Å². The molecule has 0 spiro atoms. The number of fused-ring (bicyclic) bond motifs is 1. The van der Waals surface area contributed by atoms with Crippen molar-refractivity contribution >= 4 is 57.3 Å². The smallest absolute Gasteiger partial charge is 0.410 e. The third-order valence-electron chi connectivity index (χ3n) is 4.98. The third kappa shape index (κ3) is 6.83. The van der Waals surface area contributed by atoms with Crippen molar-refractivity contribution in [3.05, 3.63) is 88.4 Å². The third-order valence-corrected chi connectivity index (χ3v) is 6.40. The number of hydrogen-bond acceptors (Lipinski definition) is 2. The fourth-order valence-electron chi connectivity index (χ4n) is 3.60. The molecule has 1 amide bonds. The second-order valence-corrected chi connectivity index (χ2v) is 16.3. The average Bonchev–Trinajstić information content (AvgIpc) is 2.76. The quantitative estimate of drug-likeness (QED) is 0.201. The molecule has 0 radical (unpaired) electrons. The number of para-hydroxylation sites is 2. The molecule has 3 rings (SSSR count). The lowest BCUT2D eigenvalue weighted by Gasteiger charge is -2.34. The van der Waals surface area contributed by atoms with Gasteiger partial charge in [-0.1, -0.05) is 74.1 Å². The van der Waals surface area contributed by atoms with E-state index in [4.69, 9.17) is 4.74 Å². The first-order valence-electron chi connectivity index (χ1n) is 10.7. The minimum absolute atomic E-state index is 0.0703. The number of amides is 1. The summed E-state index contributed by atoms with van der Waals surface area (Å²) in [6.07, 6.45) is 6.41. The number of nitrogens with zero attached hydrogens (tertiary/aromatic N) is 1. The van der Waals surface area contributed by atoms with Gasteiger partial charge in [0.2, 0.25) is 0 Å². The summed E-state index contributed by atoms with van der Waals surface area (Å²) < 4.78 is 6.61. The summed E-state index contributed by atoms with van der Waals surface area (Å²) in [6.45, 7) is 10.5. The zero-order chi connectivity index (χ0) is 24.0. The van der Waals surface area contributed by atoms with Gasteiger partial charge in [-0.25, -0.2) is 4.79 Å². The highest BCUT2D eigenvalue weighted by molar-refractivity contribution is 9.28. The molecular formula is C27H27Br2NO2Si. The SMILES string of the molecule is C=CC[C@H](C=C(Br)Br)C1=C[C@H](C#C[Si](C)(C)C)N(C(=O)Oc2ccccc2)c2ccccc21. The van der Waals surface area contributed by atoms with Gasteiger partial charge in [-0.15, -0.1) is 12.1 Å². The fraction of sp³-hybridized carbons (Fsp3) is 0.222. The summed E-state index contributed by atoms with van der Waals surface area (Å²) in [6, 6.07) is 16.6. The molecule has 1 aliphatic heterocycles. The van der Waals surface area contributed by atoms with Crippen LogP contribution < -0.4 is 9.64 Å². The predicted molar refractivity (Wildman–Crippen MR) is 149 cm³/mol. The van der Waals surface area contributed by atoms with E-state index in [2.05, 4.69) is 81.7 Å². The fourth-order valence-corrected chi connectivity index (χ4v) is 4.82. The Bertz CT molecular complexity index is 1140. The molecule has 2 atom stereocenters. The van der Waals surface area contributed by atoms with E-state index >= 15 is 0 Å². The largest absolute Gasteiger partial charge is 0.421 e. The minimum atomic E-state index is -1.67. The first-order valence-corrected chi connectivity index (χ1v) is 15.8. The lowest BCUT2D eigenvalue weighted by atomic mass is 9.85. The Labute approximate surface area is 214 Å². The zero-order valence-corrected chi connectivity index (χ0v) is 23.2. The highest BCUT2D eigenvalue weighted by atomic mass is 79.9. The molecule has 0 N–H and O–H groups in total. The number of carbonyl (C=O) groups is 1.